The number of aromatic nitrogens is 2. The summed E-state index contributed by atoms with van der Waals surface area (Å²) >= 11 is 0. The van der Waals surface area contributed by atoms with Gasteiger partial charge in [0.2, 0.25) is 0 Å². The SMILES string of the molecule is CC1=C[C@]23C(=O)[C@@H](C=C4COC(C)(C)O[C@H]4[C@]2(O)[C@H]1OC(=O)c1c(C)nn(CC2CCOCC2)c1C)[C@H]1[C@@H](C[C@H]3C)C1(C)C. The molecule has 1 aromatic heterocycles. The second-order valence-corrected chi connectivity index (χ2v) is 15.6. The van der Waals surface area contributed by atoms with E-state index in [1.165, 1.54) is 0 Å². The Morgan fingerprint density at radius 2 is 1.86 bits per heavy atom. The van der Waals surface area contributed by atoms with Crippen molar-refractivity contribution in [3.63, 3.8) is 0 Å². The highest BCUT2D eigenvalue weighted by atomic mass is 16.7. The first-order valence-electron chi connectivity index (χ1n) is 16.4. The third-order valence-electron chi connectivity index (χ3n) is 12.3. The number of ketones is 1. The first kappa shape index (κ1) is 30.3. The largest absolute Gasteiger partial charge is 0.451 e. The summed E-state index contributed by atoms with van der Waals surface area (Å²) in [5.41, 5.74) is 0.0864. The third-order valence-corrected chi connectivity index (χ3v) is 12.3. The molecule has 1 spiro atoms. The molecule has 2 aliphatic heterocycles. The van der Waals surface area contributed by atoms with Gasteiger partial charge in [0.15, 0.2) is 23.3 Å². The topological polar surface area (TPSA) is 109 Å². The molecule has 2 bridgehead atoms. The summed E-state index contributed by atoms with van der Waals surface area (Å²) in [6.45, 7) is 18.2. The molecule has 9 heteroatoms. The summed E-state index contributed by atoms with van der Waals surface area (Å²) in [6, 6.07) is 0. The van der Waals surface area contributed by atoms with Gasteiger partial charge in [-0.1, -0.05) is 32.9 Å². The normalized spacial score (nSPS) is 40.5. The summed E-state index contributed by atoms with van der Waals surface area (Å²) in [7, 11) is 0. The van der Waals surface area contributed by atoms with E-state index < -0.39 is 35.0 Å². The quantitative estimate of drug-likeness (QED) is 0.387. The van der Waals surface area contributed by atoms with Crippen LogP contribution in [0, 0.1) is 54.3 Å². The van der Waals surface area contributed by atoms with Crippen LogP contribution >= 0.6 is 0 Å². The zero-order valence-corrected chi connectivity index (χ0v) is 27.4. The van der Waals surface area contributed by atoms with Gasteiger partial charge in [-0.05, 0) is 94.1 Å². The number of hydrogen-bond acceptors (Lipinski definition) is 8. The van der Waals surface area contributed by atoms with Gasteiger partial charge in [-0.2, -0.15) is 5.10 Å². The molecule has 1 aromatic rings. The Balaban J connectivity index is 1.29. The third kappa shape index (κ3) is 4.07. The van der Waals surface area contributed by atoms with Crippen LogP contribution in [0.2, 0.25) is 0 Å². The minimum Gasteiger partial charge on any atom is -0.451 e. The van der Waals surface area contributed by atoms with Crippen molar-refractivity contribution < 1.29 is 33.6 Å². The smallest absolute Gasteiger partial charge is 0.342 e. The van der Waals surface area contributed by atoms with Crippen LogP contribution in [0.25, 0.3) is 0 Å². The fraction of sp³-hybridized carbons (Fsp3) is 0.743. The Labute approximate surface area is 260 Å². The molecule has 1 N–H and O–H groups in total. The van der Waals surface area contributed by atoms with Crippen molar-refractivity contribution in [1.82, 2.24) is 9.78 Å². The average Bonchev–Trinajstić information content (AvgIpc) is 3.30. The Morgan fingerprint density at radius 3 is 2.57 bits per heavy atom. The Hall–Kier alpha value is -2.33. The average molecular weight is 609 g/mol. The van der Waals surface area contributed by atoms with Gasteiger partial charge in [0.25, 0.3) is 0 Å². The molecule has 4 fully saturated rings. The van der Waals surface area contributed by atoms with Gasteiger partial charge in [-0.25, -0.2) is 4.79 Å². The van der Waals surface area contributed by atoms with Crippen molar-refractivity contribution in [2.24, 2.45) is 40.4 Å². The van der Waals surface area contributed by atoms with Gasteiger partial charge < -0.3 is 24.1 Å². The molecule has 0 amide bonds. The fourth-order valence-corrected chi connectivity index (χ4v) is 9.81. The Kier molecular flexibility index (Phi) is 6.78. The minimum atomic E-state index is -1.84. The molecule has 3 heterocycles. The van der Waals surface area contributed by atoms with E-state index in [1.807, 2.05) is 51.5 Å². The van der Waals surface area contributed by atoms with Gasteiger partial charge in [-0.15, -0.1) is 0 Å². The number of aliphatic hydroxyl groups is 1. The van der Waals surface area contributed by atoms with Gasteiger partial charge in [0.05, 0.1) is 23.4 Å². The molecular weight excluding hydrogens is 560 g/mol. The van der Waals surface area contributed by atoms with Gasteiger partial charge >= 0.3 is 5.97 Å². The highest BCUT2D eigenvalue weighted by Gasteiger charge is 2.77. The summed E-state index contributed by atoms with van der Waals surface area (Å²) in [6.07, 6.45) is 4.72. The lowest BCUT2D eigenvalue weighted by atomic mass is 9.59. The standard InChI is InChI=1S/C35H48N2O7/c1-18-15-34-19(2)13-25-27(32(25,5)6)24(28(34)38)14-23-17-42-33(7,8)44-30(23)35(34,40)29(18)43-31(39)26-20(3)36-37(21(26)4)16-22-9-11-41-12-10-22/h14-15,19,22,24-25,27,29-30,40H,9-13,16-17H2,1-8H3/t19-,24+,25-,27+,29+,30-,34+,35-/m1/s1. The van der Waals surface area contributed by atoms with Crippen LogP contribution in [-0.4, -0.2) is 70.1 Å². The Bertz CT molecular complexity index is 1470. The Morgan fingerprint density at radius 1 is 1.16 bits per heavy atom. The maximum absolute atomic E-state index is 14.9. The van der Waals surface area contributed by atoms with E-state index in [1.54, 1.807) is 0 Å². The molecule has 8 atom stereocenters. The number of fused-ring (bicyclic) bond motifs is 5. The molecule has 6 aliphatic rings. The molecule has 0 aromatic carbocycles. The predicted molar refractivity (Wildman–Crippen MR) is 162 cm³/mol. The lowest BCUT2D eigenvalue weighted by Crippen LogP contribution is -2.68. The van der Waals surface area contributed by atoms with Crippen molar-refractivity contribution in [1.29, 1.82) is 0 Å². The van der Waals surface area contributed by atoms with Crippen LogP contribution < -0.4 is 0 Å². The fourth-order valence-electron chi connectivity index (χ4n) is 9.81. The van der Waals surface area contributed by atoms with Crippen LogP contribution in [0.4, 0.5) is 0 Å². The van der Waals surface area contributed by atoms with E-state index in [0.29, 0.717) is 35.2 Å². The summed E-state index contributed by atoms with van der Waals surface area (Å²) < 4.78 is 26.5. The number of allylic oxidation sites excluding steroid dienone is 1. The maximum Gasteiger partial charge on any atom is 0.342 e. The zero-order chi connectivity index (χ0) is 31.6. The van der Waals surface area contributed by atoms with Gasteiger partial charge in [0, 0.05) is 25.7 Å². The molecule has 44 heavy (non-hydrogen) atoms. The highest BCUT2D eigenvalue weighted by molar-refractivity contribution is 5.96. The molecule has 4 aliphatic carbocycles. The van der Waals surface area contributed by atoms with Crippen molar-refractivity contribution >= 4 is 11.8 Å². The highest BCUT2D eigenvalue weighted by Crippen LogP contribution is 2.72. The lowest BCUT2D eigenvalue weighted by molar-refractivity contribution is -0.302. The van der Waals surface area contributed by atoms with Crippen LogP contribution in [0.15, 0.2) is 23.3 Å². The number of rotatable bonds is 4. The molecule has 0 unspecified atom stereocenters. The molecular formula is C35H48N2O7. The van der Waals surface area contributed by atoms with Gasteiger partial charge in [-0.3, -0.25) is 9.48 Å². The van der Waals surface area contributed by atoms with E-state index in [4.69, 9.17) is 24.0 Å². The number of ether oxygens (including phenoxy) is 4. The molecule has 2 saturated carbocycles. The van der Waals surface area contributed by atoms with Crippen molar-refractivity contribution in [3.05, 3.63) is 40.2 Å². The van der Waals surface area contributed by atoms with Crippen LogP contribution in [0.1, 0.15) is 82.6 Å². The van der Waals surface area contributed by atoms with E-state index in [0.717, 1.165) is 43.7 Å². The predicted octanol–water partition coefficient (Wildman–Crippen LogP) is 4.72. The van der Waals surface area contributed by atoms with E-state index in [9.17, 15) is 14.7 Å². The number of esters is 1. The van der Waals surface area contributed by atoms with Crippen molar-refractivity contribution in [3.8, 4) is 0 Å². The maximum atomic E-state index is 14.9. The van der Waals surface area contributed by atoms with E-state index >= 15 is 0 Å². The first-order valence-corrected chi connectivity index (χ1v) is 16.4. The number of Topliss-reactive ketones (excluding diaryl/α,β-unsaturated/α-hetero) is 1. The molecule has 9 nitrogen and oxygen atoms in total. The van der Waals surface area contributed by atoms with Crippen molar-refractivity contribution in [2.75, 3.05) is 19.8 Å². The summed E-state index contributed by atoms with van der Waals surface area (Å²) in [5, 5.41) is 18.0. The number of aryl methyl sites for hydroxylation is 1. The molecule has 7 rings (SSSR count). The number of hydrogen-bond donors (Lipinski definition) is 1. The second kappa shape index (κ2) is 9.84. The van der Waals surface area contributed by atoms with E-state index in [-0.39, 0.29) is 35.6 Å². The van der Waals surface area contributed by atoms with Crippen molar-refractivity contribution in [2.45, 2.75) is 105 Å². The van der Waals surface area contributed by atoms with Gasteiger partial charge in [0.1, 0.15) is 11.7 Å². The van der Waals surface area contributed by atoms with Crippen LogP contribution in [-0.2, 0) is 30.3 Å². The summed E-state index contributed by atoms with van der Waals surface area (Å²) in [5.74, 6) is -1.11. The number of carbonyl (C=O) groups is 2. The molecule has 2 saturated heterocycles. The lowest BCUT2D eigenvalue weighted by Gasteiger charge is -2.52. The summed E-state index contributed by atoms with van der Waals surface area (Å²) in [4.78, 5) is 29.1. The number of nitrogens with zero attached hydrogens (tertiary/aromatic N) is 2. The zero-order valence-electron chi connectivity index (χ0n) is 27.4. The second-order valence-electron chi connectivity index (χ2n) is 15.6. The molecule has 240 valence electrons. The minimum absolute atomic E-state index is 0.00317. The monoisotopic (exact) mass is 608 g/mol. The number of carbonyl (C=O) groups excluding carboxylic acids is 2. The first-order chi connectivity index (χ1) is 20.6. The van der Waals surface area contributed by atoms with E-state index in [2.05, 4.69) is 20.8 Å². The van der Waals surface area contributed by atoms with Crippen LogP contribution in [0.3, 0.4) is 0 Å². The molecule has 0 radical (unpaired) electrons. The van der Waals surface area contributed by atoms with Crippen LogP contribution in [0.5, 0.6) is 0 Å².